The molecule has 28 heavy (non-hydrogen) atoms. The second kappa shape index (κ2) is 8.65. The Balaban J connectivity index is 1.39. The summed E-state index contributed by atoms with van der Waals surface area (Å²) in [6.07, 6.45) is 8.42. The normalized spacial score (nSPS) is 14.0. The quantitative estimate of drug-likeness (QED) is 0.685. The van der Waals surface area contributed by atoms with E-state index in [1.807, 2.05) is 12.1 Å². The molecule has 1 fully saturated rings. The lowest BCUT2D eigenvalue weighted by molar-refractivity contribution is 0.440. The Bertz CT molecular complexity index is 916. The Morgan fingerprint density at radius 2 is 1.96 bits per heavy atom. The summed E-state index contributed by atoms with van der Waals surface area (Å²) in [6, 6.07) is 10.3. The van der Waals surface area contributed by atoms with Gasteiger partial charge in [-0.2, -0.15) is 0 Å². The number of halogens is 1. The van der Waals surface area contributed by atoms with Gasteiger partial charge in [0, 0.05) is 31.9 Å². The molecule has 3 heterocycles. The van der Waals surface area contributed by atoms with Crippen molar-refractivity contribution in [1.29, 1.82) is 0 Å². The number of rotatable bonds is 6. The monoisotopic (exact) mass is 379 g/mol. The van der Waals surface area contributed by atoms with Gasteiger partial charge in [-0.15, -0.1) is 0 Å². The largest absolute Gasteiger partial charge is 0.453 e. The van der Waals surface area contributed by atoms with Crippen LogP contribution in [0.5, 0.6) is 11.5 Å². The van der Waals surface area contributed by atoms with Gasteiger partial charge in [0.15, 0.2) is 11.6 Å². The zero-order valence-electron chi connectivity index (χ0n) is 15.5. The minimum absolute atomic E-state index is 0.172. The molecule has 7 heteroatoms. The van der Waals surface area contributed by atoms with Crippen molar-refractivity contribution in [2.45, 2.75) is 25.8 Å². The van der Waals surface area contributed by atoms with Crippen LogP contribution in [0.1, 0.15) is 24.8 Å². The lowest BCUT2D eigenvalue weighted by atomic mass is 10.1. The fourth-order valence-corrected chi connectivity index (χ4v) is 3.20. The highest BCUT2D eigenvalue weighted by Crippen LogP contribution is 2.25. The molecule has 0 unspecified atom stereocenters. The maximum atomic E-state index is 14.4. The van der Waals surface area contributed by atoms with E-state index in [0.29, 0.717) is 12.3 Å². The number of aromatic nitrogens is 3. The molecule has 4 rings (SSSR count). The van der Waals surface area contributed by atoms with Gasteiger partial charge < -0.3 is 15.0 Å². The molecule has 0 radical (unpaired) electrons. The van der Waals surface area contributed by atoms with Crippen LogP contribution in [0.2, 0.25) is 0 Å². The van der Waals surface area contributed by atoms with Gasteiger partial charge in [0.1, 0.15) is 23.7 Å². The Morgan fingerprint density at radius 1 is 1.07 bits per heavy atom. The molecular formula is C21H22FN5O. The zero-order valence-corrected chi connectivity index (χ0v) is 15.5. The fraction of sp³-hybridized carbons (Fsp3) is 0.286. The predicted octanol–water partition coefficient (Wildman–Crippen LogP) is 4.41. The third kappa shape index (κ3) is 4.54. The van der Waals surface area contributed by atoms with Crippen LogP contribution in [0.25, 0.3) is 0 Å². The van der Waals surface area contributed by atoms with Crippen molar-refractivity contribution in [2.24, 2.45) is 0 Å². The molecule has 0 saturated carbocycles. The molecule has 0 amide bonds. The van der Waals surface area contributed by atoms with E-state index in [-0.39, 0.29) is 5.75 Å². The number of nitrogens with zero attached hydrogens (tertiary/aromatic N) is 4. The van der Waals surface area contributed by atoms with Crippen molar-refractivity contribution in [1.82, 2.24) is 15.0 Å². The van der Waals surface area contributed by atoms with Gasteiger partial charge in [-0.25, -0.2) is 14.4 Å². The molecule has 1 aliphatic rings. The summed E-state index contributed by atoms with van der Waals surface area (Å²) in [5, 5.41) is 3.24. The standard InChI is InChI=1S/C21H22FN5O/c22-18-11-16(6-7-19(18)28-17-5-4-8-23-14-17)13-24-20-12-21(26-15-25-20)27-9-2-1-3-10-27/h4-8,11-12,14-15H,1-3,9-10,13H2,(H,24,25,26). The molecular weight excluding hydrogens is 357 g/mol. The Labute approximate surface area is 163 Å². The van der Waals surface area contributed by atoms with Crippen LogP contribution < -0.4 is 15.0 Å². The van der Waals surface area contributed by atoms with E-state index in [2.05, 4.69) is 25.2 Å². The summed E-state index contributed by atoms with van der Waals surface area (Å²) in [6.45, 7) is 2.51. The van der Waals surface area contributed by atoms with Crippen LogP contribution in [0, 0.1) is 5.82 Å². The maximum Gasteiger partial charge on any atom is 0.166 e. The van der Waals surface area contributed by atoms with Crippen LogP contribution in [-0.4, -0.2) is 28.0 Å². The summed E-state index contributed by atoms with van der Waals surface area (Å²) in [5.41, 5.74) is 0.800. The van der Waals surface area contributed by atoms with Crippen LogP contribution in [0.3, 0.4) is 0 Å². The van der Waals surface area contributed by atoms with Crippen molar-refractivity contribution < 1.29 is 9.13 Å². The number of anilines is 2. The number of hydrogen-bond donors (Lipinski definition) is 1. The van der Waals surface area contributed by atoms with E-state index in [1.165, 1.54) is 25.3 Å². The number of nitrogens with one attached hydrogen (secondary N) is 1. The molecule has 0 aliphatic carbocycles. The molecule has 0 spiro atoms. The Kier molecular flexibility index (Phi) is 5.61. The zero-order chi connectivity index (χ0) is 19.2. The van der Waals surface area contributed by atoms with Gasteiger partial charge in [0.05, 0.1) is 6.20 Å². The first-order valence-corrected chi connectivity index (χ1v) is 9.45. The average molecular weight is 379 g/mol. The number of hydrogen-bond acceptors (Lipinski definition) is 6. The van der Waals surface area contributed by atoms with Gasteiger partial charge in [-0.05, 0) is 49.1 Å². The summed E-state index contributed by atoms with van der Waals surface area (Å²) in [4.78, 5) is 14.9. The number of benzene rings is 1. The topological polar surface area (TPSA) is 63.2 Å². The third-order valence-corrected chi connectivity index (χ3v) is 4.66. The van der Waals surface area contributed by atoms with Crippen LogP contribution in [-0.2, 0) is 6.54 Å². The molecule has 144 valence electrons. The van der Waals surface area contributed by atoms with E-state index < -0.39 is 5.82 Å². The van der Waals surface area contributed by atoms with Crippen molar-refractivity contribution in [3.05, 3.63) is 66.5 Å². The molecule has 0 atom stereocenters. The van der Waals surface area contributed by atoms with Crippen molar-refractivity contribution >= 4 is 11.6 Å². The smallest absolute Gasteiger partial charge is 0.166 e. The van der Waals surface area contributed by atoms with Gasteiger partial charge in [0.25, 0.3) is 0 Å². The second-order valence-electron chi connectivity index (χ2n) is 6.72. The van der Waals surface area contributed by atoms with E-state index in [4.69, 9.17) is 4.74 Å². The van der Waals surface area contributed by atoms with E-state index in [1.54, 1.807) is 36.9 Å². The molecule has 1 aliphatic heterocycles. The summed E-state index contributed by atoms with van der Waals surface area (Å²) in [5.74, 6) is 1.92. The Morgan fingerprint density at radius 3 is 2.75 bits per heavy atom. The van der Waals surface area contributed by atoms with Crippen molar-refractivity contribution in [2.75, 3.05) is 23.3 Å². The van der Waals surface area contributed by atoms with E-state index in [0.717, 1.165) is 30.3 Å². The number of ether oxygens (including phenoxy) is 1. The number of piperidine rings is 1. The molecule has 2 aromatic heterocycles. The van der Waals surface area contributed by atoms with Crippen LogP contribution in [0.15, 0.2) is 55.1 Å². The van der Waals surface area contributed by atoms with Crippen LogP contribution in [0.4, 0.5) is 16.0 Å². The van der Waals surface area contributed by atoms with Crippen molar-refractivity contribution in [3.63, 3.8) is 0 Å². The van der Waals surface area contributed by atoms with E-state index >= 15 is 0 Å². The maximum absolute atomic E-state index is 14.4. The minimum atomic E-state index is -0.417. The first kappa shape index (κ1) is 18.2. The summed E-state index contributed by atoms with van der Waals surface area (Å²) >= 11 is 0. The summed E-state index contributed by atoms with van der Waals surface area (Å²) < 4.78 is 19.9. The van der Waals surface area contributed by atoms with Gasteiger partial charge in [-0.3, -0.25) is 4.98 Å². The third-order valence-electron chi connectivity index (χ3n) is 4.66. The molecule has 1 aromatic carbocycles. The first-order valence-electron chi connectivity index (χ1n) is 9.45. The number of pyridine rings is 1. The van der Waals surface area contributed by atoms with E-state index in [9.17, 15) is 4.39 Å². The van der Waals surface area contributed by atoms with Crippen LogP contribution >= 0.6 is 0 Å². The van der Waals surface area contributed by atoms with Gasteiger partial charge >= 0.3 is 0 Å². The molecule has 0 bridgehead atoms. The summed E-state index contributed by atoms with van der Waals surface area (Å²) in [7, 11) is 0. The highest BCUT2D eigenvalue weighted by Gasteiger charge is 2.13. The SMILES string of the molecule is Fc1cc(CNc2cc(N3CCCCC3)ncn2)ccc1Oc1cccnc1. The van der Waals surface area contributed by atoms with Gasteiger partial charge in [-0.1, -0.05) is 6.07 Å². The molecule has 3 aromatic rings. The molecule has 6 nitrogen and oxygen atoms in total. The lowest BCUT2D eigenvalue weighted by Gasteiger charge is -2.27. The molecule has 1 saturated heterocycles. The second-order valence-corrected chi connectivity index (χ2v) is 6.72. The highest BCUT2D eigenvalue weighted by atomic mass is 19.1. The fourth-order valence-electron chi connectivity index (χ4n) is 3.20. The van der Waals surface area contributed by atoms with Crippen molar-refractivity contribution in [3.8, 4) is 11.5 Å². The highest BCUT2D eigenvalue weighted by molar-refractivity contribution is 5.49. The molecule has 1 N–H and O–H groups in total. The minimum Gasteiger partial charge on any atom is -0.453 e. The average Bonchev–Trinajstić information content (AvgIpc) is 2.76. The lowest BCUT2D eigenvalue weighted by Crippen LogP contribution is -2.30. The predicted molar refractivity (Wildman–Crippen MR) is 106 cm³/mol. The van der Waals surface area contributed by atoms with Gasteiger partial charge in [0.2, 0.25) is 0 Å². The Hall–Kier alpha value is -3.22. The first-order chi connectivity index (χ1) is 13.8.